The molecule has 3 nitrogen and oxygen atoms in total. The van der Waals surface area contributed by atoms with Crippen molar-refractivity contribution in [3.8, 4) is 11.3 Å². The van der Waals surface area contributed by atoms with Crippen molar-refractivity contribution in [3.63, 3.8) is 0 Å². The first-order chi connectivity index (χ1) is 11.1. The third-order valence-corrected chi connectivity index (χ3v) is 4.24. The second kappa shape index (κ2) is 7.02. The van der Waals surface area contributed by atoms with Gasteiger partial charge in [-0.2, -0.15) is 0 Å². The Morgan fingerprint density at radius 1 is 0.957 bits per heavy atom. The lowest BCUT2D eigenvalue weighted by Gasteiger charge is -2.09. The van der Waals surface area contributed by atoms with Gasteiger partial charge in [-0.25, -0.2) is 9.97 Å². The topological polar surface area (TPSA) is 37.8 Å². The van der Waals surface area contributed by atoms with E-state index in [-0.39, 0.29) is 0 Å². The van der Waals surface area contributed by atoms with Crippen LogP contribution in [0.1, 0.15) is 5.56 Å². The second-order valence-electron chi connectivity index (χ2n) is 5.12. The summed E-state index contributed by atoms with van der Waals surface area (Å²) in [6, 6.07) is 17.8. The fraction of sp³-hybridized carbons (Fsp3) is 0.111. The molecule has 3 aromatic rings. The summed E-state index contributed by atoms with van der Waals surface area (Å²) in [6.45, 7) is 2.06. The zero-order valence-electron chi connectivity index (χ0n) is 12.9. The van der Waals surface area contributed by atoms with Crippen molar-refractivity contribution in [2.24, 2.45) is 0 Å². The van der Waals surface area contributed by atoms with Crippen molar-refractivity contribution in [2.75, 3.05) is 11.6 Å². The Labute approximate surface area is 145 Å². The van der Waals surface area contributed by atoms with Crippen molar-refractivity contribution >= 4 is 35.0 Å². The molecule has 0 atom stereocenters. The van der Waals surface area contributed by atoms with Gasteiger partial charge in [-0.3, -0.25) is 0 Å². The van der Waals surface area contributed by atoms with Crippen LogP contribution in [0, 0.1) is 6.92 Å². The highest BCUT2D eigenvalue weighted by Crippen LogP contribution is 2.25. The number of nitrogens with one attached hydrogen (secondary N) is 1. The smallest absolute Gasteiger partial charge is 0.228 e. The van der Waals surface area contributed by atoms with Crippen molar-refractivity contribution in [1.29, 1.82) is 0 Å². The minimum atomic E-state index is 0.589. The third-order valence-electron chi connectivity index (χ3n) is 3.36. The van der Waals surface area contributed by atoms with Crippen LogP contribution in [0.5, 0.6) is 0 Å². The molecule has 0 fully saturated rings. The van der Waals surface area contributed by atoms with Crippen LogP contribution < -0.4 is 5.32 Å². The van der Waals surface area contributed by atoms with E-state index in [9.17, 15) is 0 Å². The molecule has 1 aromatic heterocycles. The first kappa shape index (κ1) is 15.8. The van der Waals surface area contributed by atoms with Crippen LogP contribution in [0.2, 0.25) is 5.02 Å². The van der Waals surface area contributed by atoms with E-state index >= 15 is 0 Å². The summed E-state index contributed by atoms with van der Waals surface area (Å²) in [7, 11) is 0. The normalized spacial score (nSPS) is 10.6. The molecule has 5 heteroatoms. The van der Waals surface area contributed by atoms with Gasteiger partial charge >= 0.3 is 0 Å². The van der Waals surface area contributed by atoms with E-state index in [2.05, 4.69) is 34.3 Å². The Bertz CT molecular complexity index is 802. The van der Waals surface area contributed by atoms with E-state index in [1.54, 1.807) is 11.8 Å². The van der Waals surface area contributed by atoms with Gasteiger partial charge in [-0.05, 0) is 43.5 Å². The molecule has 0 saturated heterocycles. The monoisotopic (exact) mass is 341 g/mol. The van der Waals surface area contributed by atoms with Gasteiger partial charge in [-0.15, -0.1) is 11.8 Å². The summed E-state index contributed by atoms with van der Waals surface area (Å²) in [4.78, 5) is 9.15. The maximum atomic E-state index is 5.96. The van der Waals surface area contributed by atoms with Crippen LogP contribution >= 0.6 is 23.4 Å². The van der Waals surface area contributed by atoms with E-state index in [1.165, 1.54) is 5.56 Å². The molecule has 0 spiro atoms. The summed E-state index contributed by atoms with van der Waals surface area (Å²) >= 11 is 7.55. The van der Waals surface area contributed by atoms with Crippen molar-refractivity contribution < 1.29 is 0 Å². The molecule has 2 aromatic carbocycles. The van der Waals surface area contributed by atoms with E-state index in [4.69, 9.17) is 11.6 Å². The van der Waals surface area contributed by atoms with Crippen LogP contribution in [0.3, 0.4) is 0 Å². The van der Waals surface area contributed by atoms with Crippen LogP contribution in [0.4, 0.5) is 11.6 Å². The fourth-order valence-electron chi connectivity index (χ4n) is 2.12. The lowest BCUT2D eigenvalue weighted by Crippen LogP contribution is -1.99. The molecular formula is C18H16ClN3S. The number of benzene rings is 2. The summed E-state index contributed by atoms with van der Waals surface area (Å²) in [6.07, 6.45) is 2.00. The molecule has 0 amide bonds. The Morgan fingerprint density at radius 2 is 1.65 bits per heavy atom. The van der Waals surface area contributed by atoms with Gasteiger partial charge in [0, 0.05) is 16.3 Å². The fourth-order valence-corrected chi connectivity index (χ4v) is 2.65. The van der Waals surface area contributed by atoms with E-state index in [0.717, 1.165) is 22.0 Å². The lowest BCUT2D eigenvalue weighted by atomic mass is 10.1. The zero-order chi connectivity index (χ0) is 16.2. The number of aromatic nitrogens is 2. The number of hydrogen-bond donors (Lipinski definition) is 1. The lowest BCUT2D eigenvalue weighted by molar-refractivity contribution is 1.06. The number of rotatable bonds is 4. The number of thioether (sulfide) groups is 1. The summed E-state index contributed by atoms with van der Waals surface area (Å²) in [5.41, 5.74) is 4.07. The highest BCUT2D eigenvalue weighted by Gasteiger charge is 2.07. The minimum absolute atomic E-state index is 0.589. The summed E-state index contributed by atoms with van der Waals surface area (Å²) < 4.78 is 0. The second-order valence-corrected chi connectivity index (χ2v) is 6.38. The molecule has 1 heterocycles. The van der Waals surface area contributed by atoms with Crippen molar-refractivity contribution in [3.05, 3.63) is 65.2 Å². The van der Waals surface area contributed by atoms with Gasteiger partial charge in [0.2, 0.25) is 5.95 Å². The van der Waals surface area contributed by atoms with Gasteiger partial charge in [0.25, 0.3) is 0 Å². The number of nitrogens with zero attached hydrogens (tertiary/aromatic N) is 2. The summed E-state index contributed by atoms with van der Waals surface area (Å²) in [5, 5.41) is 4.90. The van der Waals surface area contributed by atoms with E-state index < -0.39 is 0 Å². The SMILES string of the molecule is CSc1cc(-c2ccc(Cl)cc2)nc(Nc2ccc(C)cc2)n1. The van der Waals surface area contributed by atoms with E-state index in [0.29, 0.717) is 11.0 Å². The quantitative estimate of drug-likeness (QED) is 0.497. The van der Waals surface area contributed by atoms with Gasteiger partial charge in [-0.1, -0.05) is 41.4 Å². The third kappa shape index (κ3) is 4.03. The highest BCUT2D eigenvalue weighted by atomic mass is 35.5. The zero-order valence-corrected chi connectivity index (χ0v) is 14.4. The van der Waals surface area contributed by atoms with E-state index in [1.807, 2.05) is 48.7 Å². The predicted octanol–water partition coefficient (Wildman–Crippen LogP) is 5.57. The van der Waals surface area contributed by atoms with Crippen molar-refractivity contribution in [2.45, 2.75) is 11.9 Å². The molecule has 0 radical (unpaired) electrons. The van der Waals surface area contributed by atoms with Crippen LogP contribution in [0.25, 0.3) is 11.3 Å². The maximum Gasteiger partial charge on any atom is 0.228 e. The maximum absolute atomic E-state index is 5.96. The predicted molar refractivity (Wildman–Crippen MR) is 98.7 cm³/mol. The molecular weight excluding hydrogens is 326 g/mol. The first-order valence-electron chi connectivity index (χ1n) is 7.17. The number of halogens is 1. The minimum Gasteiger partial charge on any atom is -0.324 e. The Balaban J connectivity index is 1.95. The molecule has 3 rings (SSSR count). The first-order valence-corrected chi connectivity index (χ1v) is 8.77. The molecule has 116 valence electrons. The summed E-state index contributed by atoms with van der Waals surface area (Å²) in [5.74, 6) is 0.589. The Hall–Kier alpha value is -2.04. The molecule has 0 bridgehead atoms. The number of aryl methyl sites for hydroxylation is 1. The molecule has 0 aliphatic carbocycles. The number of anilines is 2. The van der Waals surface area contributed by atoms with Crippen LogP contribution in [-0.2, 0) is 0 Å². The molecule has 23 heavy (non-hydrogen) atoms. The van der Waals surface area contributed by atoms with Crippen LogP contribution in [0.15, 0.2) is 59.6 Å². The number of hydrogen-bond acceptors (Lipinski definition) is 4. The molecule has 0 aliphatic rings. The average Bonchev–Trinajstić information content (AvgIpc) is 2.57. The van der Waals surface area contributed by atoms with Gasteiger partial charge in [0.1, 0.15) is 5.03 Å². The van der Waals surface area contributed by atoms with Gasteiger partial charge in [0.05, 0.1) is 5.69 Å². The molecule has 0 saturated carbocycles. The highest BCUT2D eigenvalue weighted by molar-refractivity contribution is 7.98. The van der Waals surface area contributed by atoms with Gasteiger partial charge in [0.15, 0.2) is 0 Å². The standard InChI is InChI=1S/C18H16ClN3S/c1-12-3-9-15(10-4-12)20-18-21-16(11-17(22-18)23-2)13-5-7-14(19)8-6-13/h3-11H,1-2H3,(H,20,21,22). The van der Waals surface area contributed by atoms with Crippen LogP contribution in [-0.4, -0.2) is 16.2 Å². The average molecular weight is 342 g/mol. The Morgan fingerprint density at radius 3 is 2.30 bits per heavy atom. The molecule has 0 aliphatic heterocycles. The van der Waals surface area contributed by atoms with Gasteiger partial charge < -0.3 is 5.32 Å². The molecule has 1 N–H and O–H groups in total. The Kier molecular flexibility index (Phi) is 4.84. The largest absolute Gasteiger partial charge is 0.324 e. The molecule has 0 unspecified atom stereocenters. The van der Waals surface area contributed by atoms with Crippen molar-refractivity contribution in [1.82, 2.24) is 9.97 Å².